The van der Waals surface area contributed by atoms with Crippen LogP contribution in [-0.4, -0.2) is 22.5 Å². The van der Waals surface area contributed by atoms with Gasteiger partial charge in [-0.05, 0) is 43.1 Å². The zero-order valence-corrected chi connectivity index (χ0v) is 13.1. The number of hydrogen-bond donors (Lipinski definition) is 1. The van der Waals surface area contributed by atoms with Gasteiger partial charge in [-0.25, -0.2) is 9.78 Å². The fraction of sp³-hybridized carbons (Fsp3) is 0.389. The first-order chi connectivity index (χ1) is 11.2. The average Bonchev–Trinajstić information content (AvgIpc) is 2.61. The van der Waals surface area contributed by atoms with E-state index in [1.165, 1.54) is 5.56 Å². The lowest BCUT2D eigenvalue weighted by molar-refractivity contribution is 0.250. The third-order valence-corrected chi connectivity index (χ3v) is 4.65. The SMILES string of the molecule is NC(=O)N(CC1CCC(c2ccccc2)CC1)c1cnccn1. The van der Waals surface area contributed by atoms with Crippen LogP contribution in [0.1, 0.15) is 37.2 Å². The number of nitrogens with zero attached hydrogens (tertiary/aromatic N) is 3. The number of urea groups is 1. The molecule has 0 saturated heterocycles. The molecule has 0 radical (unpaired) electrons. The number of primary amides is 1. The number of rotatable bonds is 4. The zero-order valence-electron chi connectivity index (χ0n) is 13.1. The first kappa shape index (κ1) is 15.5. The van der Waals surface area contributed by atoms with Crippen LogP contribution < -0.4 is 10.6 Å². The van der Waals surface area contributed by atoms with Gasteiger partial charge in [0, 0.05) is 18.9 Å². The predicted molar refractivity (Wildman–Crippen MR) is 90.1 cm³/mol. The molecular weight excluding hydrogens is 288 g/mol. The van der Waals surface area contributed by atoms with Gasteiger partial charge in [-0.1, -0.05) is 30.3 Å². The van der Waals surface area contributed by atoms with Crippen molar-refractivity contribution in [3.63, 3.8) is 0 Å². The van der Waals surface area contributed by atoms with Crippen molar-refractivity contribution in [1.82, 2.24) is 9.97 Å². The first-order valence-corrected chi connectivity index (χ1v) is 8.12. The smallest absolute Gasteiger partial charge is 0.320 e. The Labute approximate surface area is 136 Å². The van der Waals surface area contributed by atoms with Crippen molar-refractivity contribution < 1.29 is 4.79 Å². The van der Waals surface area contributed by atoms with Crippen molar-refractivity contribution in [2.24, 2.45) is 11.7 Å². The highest BCUT2D eigenvalue weighted by Gasteiger charge is 2.26. The molecule has 5 nitrogen and oxygen atoms in total. The largest absolute Gasteiger partial charge is 0.351 e. The molecule has 1 fully saturated rings. The Morgan fingerprint density at radius 3 is 2.48 bits per heavy atom. The molecule has 1 aliphatic carbocycles. The maximum atomic E-state index is 11.7. The van der Waals surface area contributed by atoms with Crippen LogP contribution in [0.3, 0.4) is 0 Å². The minimum Gasteiger partial charge on any atom is -0.351 e. The fourth-order valence-electron chi connectivity index (χ4n) is 3.39. The quantitative estimate of drug-likeness (QED) is 0.941. The highest BCUT2D eigenvalue weighted by atomic mass is 16.2. The van der Waals surface area contributed by atoms with E-state index in [-0.39, 0.29) is 0 Å². The molecule has 3 rings (SSSR count). The van der Waals surface area contributed by atoms with Crippen molar-refractivity contribution in [3.05, 3.63) is 54.5 Å². The molecule has 1 aromatic heterocycles. The number of carbonyl (C=O) groups is 1. The van der Waals surface area contributed by atoms with E-state index in [4.69, 9.17) is 5.73 Å². The Kier molecular flexibility index (Phi) is 4.86. The summed E-state index contributed by atoms with van der Waals surface area (Å²) in [5, 5.41) is 0. The summed E-state index contributed by atoms with van der Waals surface area (Å²) in [7, 11) is 0. The van der Waals surface area contributed by atoms with Crippen LogP contribution in [0.25, 0.3) is 0 Å². The number of aromatic nitrogens is 2. The maximum Gasteiger partial charge on any atom is 0.320 e. The van der Waals surface area contributed by atoms with Gasteiger partial charge in [0.05, 0.1) is 6.20 Å². The number of amides is 2. The molecular formula is C18H22N4O. The Morgan fingerprint density at radius 1 is 1.13 bits per heavy atom. The highest BCUT2D eigenvalue weighted by molar-refractivity contribution is 5.89. The standard InChI is InChI=1S/C18H22N4O/c19-18(23)22(17-12-20-10-11-21-17)13-14-6-8-16(9-7-14)15-4-2-1-3-5-15/h1-5,10-12,14,16H,6-9,13H2,(H2,19,23). The van der Waals surface area contributed by atoms with Gasteiger partial charge < -0.3 is 5.73 Å². The van der Waals surface area contributed by atoms with E-state index in [1.54, 1.807) is 23.5 Å². The minimum atomic E-state index is -0.462. The molecule has 0 spiro atoms. The molecule has 0 bridgehead atoms. The van der Waals surface area contributed by atoms with Crippen molar-refractivity contribution in [1.29, 1.82) is 0 Å². The van der Waals surface area contributed by atoms with Gasteiger partial charge in [0.1, 0.15) is 0 Å². The number of anilines is 1. The van der Waals surface area contributed by atoms with Crippen molar-refractivity contribution in [2.45, 2.75) is 31.6 Å². The summed E-state index contributed by atoms with van der Waals surface area (Å²) < 4.78 is 0. The number of carbonyl (C=O) groups excluding carboxylic acids is 1. The second kappa shape index (κ2) is 7.22. The number of hydrogen-bond acceptors (Lipinski definition) is 3. The molecule has 120 valence electrons. The molecule has 1 aliphatic rings. The van der Waals surface area contributed by atoms with Gasteiger partial charge in [-0.2, -0.15) is 0 Å². The third-order valence-electron chi connectivity index (χ3n) is 4.65. The molecule has 0 unspecified atom stereocenters. The molecule has 23 heavy (non-hydrogen) atoms. The van der Waals surface area contributed by atoms with E-state index < -0.39 is 6.03 Å². The van der Waals surface area contributed by atoms with Crippen LogP contribution >= 0.6 is 0 Å². The summed E-state index contributed by atoms with van der Waals surface area (Å²) in [4.78, 5) is 21.5. The topological polar surface area (TPSA) is 72.1 Å². The summed E-state index contributed by atoms with van der Waals surface area (Å²) in [5.41, 5.74) is 6.95. The van der Waals surface area contributed by atoms with Gasteiger partial charge >= 0.3 is 6.03 Å². The summed E-state index contributed by atoms with van der Waals surface area (Å²) >= 11 is 0. The Balaban J connectivity index is 1.60. The predicted octanol–water partition coefficient (Wildman–Crippen LogP) is 3.34. The van der Waals surface area contributed by atoms with Crippen LogP contribution in [0.2, 0.25) is 0 Å². The molecule has 2 amide bonds. The lowest BCUT2D eigenvalue weighted by Crippen LogP contribution is -2.40. The lowest BCUT2D eigenvalue weighted by atomic mass is 9.78. The molecule has 0 aliphatic heterocycles. The second-order valence-electron chi connectivity index (χ2n) is 6.14. The Hall–Kier alpha value is -2.43. The third kappa shape index (κ3) is 3.86. The van der Waals surface area contributed by atoms with Crippen LogP contribution in [0, 0.1) is 5.92 Å². The van der Waals surface area contributed by atoms with E-state index >= 15 is 0 Å². The summed E-state index contributed by atoms with van der Waals surface area (Å²) in [6.45, 7) is 0.621. The van der Waals surface area contributed by atoms with Crippen LogP contribution in [0.4, 0.5) is 10.6 Å². The van der Waals surface area contributed by atoms with Crippen LogP contribution in [0.15, 0.2) is 48.9 Å². The molecule has 1 saturated carbocycles. The molecule has 2 aromatic rings. The van der Waals surface area contributed by atoms with Gasteiger partial charge in [-0.15, -0.1) is 0 Å². The van der Waals surface area contributed by atoms with Gasteiger partial charge in [0.25, 0.3) is 0 Å². The van der Waals surface area contributed by atoms with Crippen molar-refractivity contribution in [2.75, 3.05) is 11.4 Å². The maximum absolute atomic E-state index is 11.7. The molecule has 2 N–H and O–H groups in total. The average molecular weight is 310 g/mol. The molecule has 5 heteroatoms. The monoisotopic (exact) mass is 310 g/mol. The van der Waals surface area contributed by atoms with Crippen LogP contribution in [-0.2, 0) is 0 Å². The van der Waals surface area contributed by atoms with Gasteiger partial charge in [0.15, 0.2) is 5.82 Å². The normalized spacial score (nSPS) is 20.9. The van der Waals surface area contributed by atoms with E-state index in [0.29, 0.717) is 24.2 Å². The number of nitrogens with two attached hydrogens (primary N) is 1. The first-order valence-electron chi connectivity index (χ1n) is 8.12. The summed E-state index contributed by atoms with van der Waals surface area (Å²) in [6.07, 6.45) is 9.27. The molecule has 0 atom stereocenters. The number of benzene rings is 1. The molecule has 1 heterocycles. The summed E-state index contributed by atoms with van der Waals surface area (Å²) in [5.74, 6) is 1.63. The van der Waals surface area contributed by atoms with Gasteiger partial charge in [-0.3, -0.25) is 9.88 Å². The van der Waals surface area contributed by atoms with E-state index in [1.807, 2.05) is 0 Å². The Bertz CT molecular complexity index is 624. The highest BCUT2D eigenvalue weighted by Crippen LogP contribution is 2.36. The summed E-state index contributed by atoms with van der Waals surface area (Å²) in [6, 6.07) is 10.2. The minimum absolute atomic E-state index is 0.462. The van der Waals surface area contributed by atoms with E-state index in [2.05, 4.69) is 40.3 Å². The van der Waals surface area contributed by atoms with Gasteiger partial charge in [0.2, 0.25) is 0 Å². The zero-order chi connectivity index (χ0) is 16.1. The van der Waals surface area contributed by atoms with Crippen LogP contribution in [0.5, 0.6) is 0 Å². The van der Waals surface area contributed by atoms with E-state index in [0.717, 1.165) is 25.7 Å². The lowest BCUT2D eigenvalue weighted by Gasteiger charge is -2.31. The van der Waals surface area contributed by atoms with Crippen molar-refractivity contribution >= 4 is 11.8 Å². The Morgan fingerprint density at radius 2 is 1.87 bits per heavy atom. The molecule has 1 aromatic carbocycles. The van der Waals surface area contributed by atoms with E-state index in [9.17, 15) is 4.79 Å². The fourth-order valence-corrected chi connectivity index (χ4v) is 3.39. The second-order valence-corrected chi connectivity index (χ2v) is 6.14. The van der Waals surface area contributed by atoms with Crippen molar-refractivity contribution in [3.8, 4) is 0 Å².